The topological polar surface area (TPSA) is 92.3 Å². The van der Waals surface area contributed by atoms with Gasteiger partial charge in [-0.05, 0) is 49.8 Å². The fraction of sp³-hybridized carbons (Fsp3) is 0.233. The summed E-state index contributed by atoms with van der Waals surface area (Å²) < 4.78 is 2.12. The van der Waals surface area contributed by atoms with Crippen LogP contribution in [0.2, 0.25) is 0 Å². The van der Waals surface area contributed by atoms with Gasteiger partial charge in [0.15, 0.2) is 0 Å². The van der Waals surface area contributed by atoms with E-state index < -0.39 is 0 Å². The highest BCUT2D eigenvalue weighted by molar-refractivity contribution is 6.08. The van der Waals surface area contributed by atoms with Crippen molar-refractivity contribution in [3.63, 3.8) is 0 Å². The molecule has 1 amide bonds. The average Bonchev–Trinajstić information content (AvgIpc) is 3.59. The number of aromatic nitrogens is 4. The lowest BCUT2D eigenvalue weighted by Crippen LogP contribution is -2.31. The molecule has 3 aromatic heterocycles. The molecule has 2 aromatic carbocycles. The number of benzene rings is 2. The lowest BCUT2D eigenvalue weighted by Gasteiger charge is -2.31. The Hall–Kier alpha value is -4.39. The number of nitrogen functional groups attached to an aromatic ring is 1. The molecule has 5 aromatic rings. The van der Waals surface area contributed by atoms with E-state index in [0.717, 1.165) is 82.7 Å². The second-order valence-electron chi connectivity index (χ2n) is 10.2. The second-order valence-corrected chi connectivity index (χ2v) is 10.2. The molecular weight excluding hydrogens is 460 g/mol. The highest BCUT2D eigenvalue weighted by Gasteiger charge is 2.34. The van der Waals surface area contributed by atoms with Gasteiger partial charge in [0.2, 0.25) is 0 Å². The molecule has 1 fully saturated rings. The Kier molecular flexibility index (Phi) is 4.92. The van der Waals surface area contributed by atoms with Crippen LogP contribution in [0.1, 0.15) is 53.3 Å². The van der Waals surface area contributed by atoms with E-state index in [2.05, 4.69) is 39.1 Å². The molecule has 0 spiro atoms. The number of amides is 1. The zero-order valence-electron chi connectivity index (χ0n) is 20.5. The third kappa shape index (κ3) is 3.45. The van der Waals surface area contributed by atoms with Crippen molar-refractivity contribution in [2.45, 2.75) is 31.6 Å². The number of hydrogen-bond donors (Lipinski definition) is 2. The summed E-state index contributed by atoms with van der Waals surface area (Å²) in [4.78, 5) is 27.9. The molecule has 0 atom stereocenters. The third-order valence-electron chi connectivity index (χ3n) is 8.09. The number of carbonyl (C=O) groups excluding carboxylic acids is 1. The SMILES string of the molecule is C=C1c2ccccc2C(=O)N1CC1CCC(c2nc(-c3cc4ccccc4[nH]3)c3c(N)nccn23)CC1. The monoisotopic (exact) mass is 488 g/mol. The molecule has 7 heteroatoms. The minimum atomic E-state index is 0.0768. The highest BCUT2D eigenvalue weighted by Crippen LogP contribution is 2.40. The molecule has 0 radical (unpaired) electrons. The minimum Gasteiger partial charge on any atom is -0.382 e. The van der Waals surface area contributed by atoms with Crippen LogP contribution in [-0.4, -0.2) is 36.7 Å². The molecule has 0 unspecified atom stereocenters. The maximum absolute atomic E-state index is 13.0. The van der Waals surface area contributed by atoms with E-state index in [4.69, 9.17) is 10.7 Å². The number of aromatic amines is 1. The molecule has 1 saturated carbocycles. The highest BCUT2D eigenvalue weighted by atomic mass is 16.2. The number of anilines is 1. The molecule has 7 rings (SSSR count). The molecule has 184 valence electrons. The fourth-order valence-electron chi connectivity index (χ4n) is 6.15. The van der Waals surface area contributed by atoms with Gasteiger partial charge in [-0.25, -0.2) is 9.97 Å². The first-order chi connectivity index (χ1) is 18.1. The van der Waals surface area contributed by atoms with Gasteiger partial charge in [0.1, 0.15) is 22.9 Å². The maximum Gasteiger partial charge on any atom is 0.258 e. The first-order valence-electron chi connectivity index (χ1n) is 12.9. The number of nitrogens with zero attached hydrogens (tertiary/aromatic N) is 4. The quantitative estimate of drug-likeness (QED) is 0.331. The van der Waals surface area contributed by atoms with Crippen molar-refractivity contribution in [3.8, 4) is 11.4 Å². The number of carbonyl (C=O) groups is 1. The summed E-state index contributed by atoms with van der Waals surface area (Å²) in [5, 5.41) is 1.14. The van der Waals surface area contributed by atoms with E-state index >= 15 is 0 Å². The molecule has 3 N–H and O–H groups in total. The zero-order chi connectivity index (χ0) is 25.1. The first-order valence-corrected chi connectivity index (χ1v) is 12.9. The van der Waals surface area contributed by atoms with E-state index in [1.54, 1.807) is 6.20 Å². The van der Waals surface area contributed by atoms with E-state index in [-0.39, 0.29) is 5.91 Å². The Labute approximate surface area is 214 Å². The Morgan fingerprint density at radius 3 is 2.57 bits per heavy atom. The van der Waals surface area contributed by atoms with Crippen LogP contribution < -0.4 is 5.73 Å². The molecule has 4 heterocycles. The molecule has 37 heavy (non-hydrogen) atoms. The fourth-order valence-corrected chi connectivity index (χ4v) is 6.15. The Morgan fingerprint density at radius 1 is 1.03 bits per heavy atom. The minimum absolute atomic E-state index is 0.0768. The summed E-state index contributed by atoms with van der Waals surface area (Å²) in [5.74, 6) is 2.35. The van der Waals surface area contributed by atoms with Crippen LogP contribution in [0.4, 0.5) is 5.82 Å². The van der Waals surface area contributed by atoms with Gasteiger partial charge in [0.25, 0.3) is 5.91 Å². The lowest BCUT2D eigenvalue weighted by molar-refractivity contribution is 0.0822. The summed E-state index contributed by atoms with van der Waals surface area (Å²) in [6, 6.07) is 18.1. The Balaban J connectivity index is 1.14. The van der Waals surface area contributed by atoms with Gasteiger partial charge < -0.3 is 15.6 Å². The lowest BCUT2D eigenvalue weighted by atomic mass is 9.81. The van der Waals surface area contributed by atoms with E-state index in [1.165, 1.54) is 0 Å². The molecule has 0 bridgehead atoms. The number of rotatable bonds is 4. The van der Waals surface area contributed by atoms with Crippen LogP contribution in [-0.2, 0) is 0 Å². The number of hydrogen-bond acceptors (Lipinski definition) is 4. The first kappa shape index (κ1) is 21.9. The predicted molar refractivity (Wildman–Crippen MR) is 146 cm³/mol. The second kappa shape index (κ2) is 8.34. The molecule has 2 aliphatic rings. The number of nitrogens with two attached hydrogens (primary N) is 1. The maximum atomic E-state index is 13.0. The van der Waals surface area contributed by atoms with Crippen molar-refractivity contribution in [2.75, 3.05) is 12.3 Å². The standard InChI is InChI=1S/C30H28N6O/c1-18-22-7-3-4-8-23(22)30(37)36(18)17-19-10-12-20(13-11-19)29-34-26(27-28(31)32-14-15-35(27)29)25-16-21-6-2-5-9-24(21)33-25/h2-9,14-16,19-20,33H,1,10-13,17H2,(H2,31,32). The molecular formula is C30H28N6O. The largest absolute Gasteiger partial charge is 0.382 e. The van der Waals surface area contributed by atoms with Crippen LogP contribution in [0, 0.1) is 5.92 Å². The van der Waals surface area contributed by atoms with Gasteiger partial charge in [0, 0.05) is 52.6 Å². The third-order valence-corrected chi connectivity index (χ3v) is 8.09. The number of H-pyrrole nitrogens is 1. The van der Waals surface area contributed by atoms with Gasteiger partial charge in [-0.2, -0.15) is 0 Å². The van der Waals surface area contributed by atoms with Crippen molar-refractivity contribution in [1.29, 1.82) is 0 Å². The van der Waals surface area contributed by atoms with E-state index in [0.29, 0.717) is 17.7 Å². The van der Waals surface area contributed by atoms with Gasteiger partial charge in [-0.3, -0.25) is 9.20 Å². The summed E-state index contributed by atoms with van der Waals surface area (Å²) in [5.41, 5.74) is 12.6. The van der Waals surface area contributed by atoms with Crippen LogP contribution in [0.5, 0.6) is 0 Å². The van der Waals surface area contributed by atoms with E-state index in [1.807, 2.05) is 47.5 Å². The Morgan fingerprint density at radius 2 is 1.78 bits per heavy atom. The van der Waals surface area contributed by atoms with Gasteiger partial charge in [-0.15, -0.1) is 0 Å². The molecule has 0 saturated heterocycles. The number of fused-ring (bicyclic) bond motifs is 3. The summed E-state index contributed by atoms with van der Waals surface area (Å²) in [6.45, 7) is 4.94. The molecule has 7 nitrogen and oxygen atoms in total. The smallest absolute Gasteiger partial charge is 0.258 e. The van der Waals surface area contributed by atoms with Gasteiger partial charge in [0.05, 0.1) is 5.69 Å². The van der Waals surface area contributed by atoms with Crippen LogP contribution >= 0.6 is 0 Å². The van der Waals surface area contributed by atoms with Crippen molar-refractivity contribution >= 4 is 33.8 Å². The summed E-state index contributed by atoms with van der Waals surface area (Å²) in [7, 11) is 0. The van der Waals surface area contributed by atoms with Crippen molar-refractivity contribution < 1.29 is 4.79 Å². The van der Waals surface area contributed by atoms with Gasteiger partial charge in [-0.1, -0.05) is 43.0 Å². The average molecular weight is 489 g/mol. The number of nitrogens with one attached hydrogen (secondary N) is 1. The summed E-state index contributed by atoms with van der Waals surface area (Å²) in [6.07, 6.45) is 7.82. The van der Waals surface area contributed by atoms with E-state index in [9.17, 15) is 4.79 Å². The normalized spacial score (nSPS) is 19.7. The zero-order valence-corrected chi connectivity index (χ0v) is 20.5. The van der Waals surface area contributed by atoms with Crippen molar-refractivity contribution in [3.05, 3.63) is 90.5 Å². The van der Waals surface area contributed by atoms with Crippen LogP contribution in [0.3, 0.4) is 0 Å². The number of imidazole rings is 1. The van der Waals surface area contributed by atoms with Crippen LogP contribution in [0.25, 0.3) is 33.5 Å². The van der Waals surface area contributed by atoms with Crippen LogP contribution in [0.15, 0.2) is 73.6 Å². The molecule has 1 aliphatic heterocycles. The van der Waals surface area contributed by atoms with Crippen molar-refractivity contribution in [2.24, 2.45) is 5.92 Å². The predicted octanol–water partition coefficient (Wildman–Crippen LogP) is 5.86. The summed E-state index contributed by atoms with van der Waals surface area (Å²) >= 11 is 0. The van der Waals surface area contributed by atoms with Gasteiger partial charge >= 0.3 is 0 Å². The number of para-hydroxylation sites is 1. The molecule has 1 aliphatic carbocycles. The Bertz CT molecular complexity index is 1620. The van der Waals surface area contributed by atoms with Crippen molar-refractivity contribution in [1.82, 2.24) is 24.3 Å².